The van der Waals surface area contributed by atoms with E-state index in [1.54, 1.807) is 30.0 Å². The highest BCUT2D eigenvalue weighted by molar-refractivity contribution is 14.1. The number of phenolic OH excluding ortho intramolecular Hbond substituents is 1. The van der Waals surface area contributed by atoms with Crippen molar-refractivity contribution in [2.45, 2.75) is 4.90 Å². The Hall–Kier alpha value is -2.18. The van der Waals surface area contributed by atoms with E-state index < -0.39 is 17.1 Å². The van der Waals surface area contributed by atoms with Gasteiger partial charge in [0.15, 0.2) is 11.5 Å². The molecule has 0 aromatic heterocycles. The number of nitrogens with zero attached hydrogens (tertiary/aromatic N) is 1. The average Bonchev–Trinajstić information content (AvgIpc) is 2.97. The number of carbonyl (C=O) groups excluding carboxylic acids is 3. The molecular formula is C20H17IN2O5S2. The molecule has 0 saturated carbocycles. The molecule has 3 rings (SSSR count). The first-order chi connectivity index (χ1) is 14.3. The van der Waals surface area contributed by atoms with Crippen LogP contribution in [0.4, 0.5) is 10.5 Å². The first-order valence-corrected chi connectivity index (χ1v) is 11.7. The van der Waals surface area contributed by atoms with Crippen LogP contribution in [-0.2, 0) is 9.59 Å². The highest BCUT2D eigenvalue weighted by Gasteiger charge is 2.36. The predicted octanol–water partition coefficient (Wildman–Crippen LogP) is 4.40. The summed E-state index contributed by atoms with van der Waals surface area (Å²) in [5.41, 5.74) is 1.19. The second-order valence-electron chi connectivity index (χ2n) is 6.10. The molecule has 2 aromatic carbocycles. The second-order valence-corrected chi connectivity index (χ2v) is 9.14. The molecule has 2 aromatic rings. The summed E-state index contributed by atoms with van der Waals surface area (Å²) in [4.78, 5) is 39.4. The summed E-state index contributed by atoms with van der Waals surface area (Å²) in [5, 5.41) is 12.1. The van der Waals surface area contributed by atoms with Gasteiger partial charge in [-0.05, 0) is 82.6 Å². The van der Waals surface area contributed by atoms with Crippen LogP contribution >= 0.6 is 46.1 Å². The smallest absolute Gasteiger partial charge is 0.294 e. The van der Waals surface area contributed by atoms with Gasteiger partial charge < -0.3 is 15.2 Å². The van der Waals surface area contributed by atoms with Crippen molar-refractivity contribution in [1.29, 1.82) is 0 Å². The Balaban J connectivity index is 1.73. The summed E-state index contributed by atoms with van der Waals surface area (Å²) < 4.78 is 5.66. The van der Waals surface area contributed by atoms with Crippen LogP contribution in [-0.4, -0.2) is 47.0 Å². The third kappa shape index (κ3) is 5.10. The number of rotatable bonds is 6. The zero-order chi connectivity index (χ0) is 21.8. The van der Waals surface area contributed by atoms with Gasteiger partial charge in [0.25, 0.3) is 11.1 Å². The maximum atomic E-state index is 12.7. The molecule has 1 heterocycles. The summed E-state index contributed by atoms with van der Waals surface area (Å²) in [5.74, 6) is -0.734. The number of anilines is 1. The van der Waals surface area contributed by atoms with Crippen LogP contribution < -0.4 is 10.1 Å². The Bertz CT molecular complexity index is 1060. The van der Waals surface area contributed by atoms with Crippen molar-refractivity contribution >= 4 is 74.9 Å². The molecule has 3 amide bonds. The van der Waals surface area contributed by atoms with Crippen molar-refractivity contribution in [3.8, 4) is 11.5 Å². The Morgan fingerprint density at radius 3 is 2.80 bits per heavy atom. The van der Waals surface area contributed by atoms with E-state index in [2.05, 4.69) is 5.32 Å². The number of carbonyl (C=O) groups is 3. The fourth-order valence-electron chi connectivity index (χ4n) is 2.67. The van der Waals surface area contributed by atoms with Crippen LogP contribution in [0, 0.1) is 3.57 Å². The van der Waals surface area contributed by atoms with Crippen molar-refractivity contribution in [2.75, 3.05) is 25.2 Å². The van der Waals surface area contributed by atoms with Crippen molar-refractivity contribution in [3.63, 3.8) is 0 Å². The predicted molar refractivity (Wildman–Crippen MR) is 127 cm³/mol. The van der Waals surface area contributed by atoms with E-state index >= 15 is 0 Å². The third-order valence-electron chi connectivity index (χ3n) is 4.10. The first-order valence-electron chi connectivity index (χ1n) is 8.58. The first kappa shape index (κ1) is 22.5. The van der Waals surface area contributed by atoms with Gasteiger partial charge in [-0.15, -0.1) is 11.8 Å². The normalized spacial score (nSPS) is 15.0. The minimum atomic E-state index is -0.542. The molecule has 7 nitrogen and oxygen atoms in total. The highest BCUT2D eigenvalue weighted by atomic mass is 127. The van der Waals surface area contributed by atoms with Gasteiger partial charge in [-0.3, -0.25) is 19.3 Å². The number of hydrogen-bond donors (Lipinski definition) is 2. The molecule has 1 saturated heterocycles. The van der Waals surface area contributed by atoms with Gasteiger partial charge in [0.05, 0.1) is 15.6 Å². The zero-order valence-electron chi connectivity index (χ0n) is 16.0. The second kappa shape index (κ2) is 9.75. The van der Waals surface area contributed by atoms with E-state index in [1.807, 2.05) is 47.0 Å². The van der Waals surface area contributed by atoms with Gasteiger partial charge in [0, 0.05) is 10.6 Å². The molecule has 2 N–H and O–H groups in total. The number of thioether (sulfide) groups is 2. The maximum Gasteiger partial charge on any atom is 0.294 e. The summed E-state index contributed by atoms with van der Waals surface area (Å²) in [6.45, 7) is -0.373. The Morgan fingerprint density at radius 1 is 1.33 bits per heavy atom. The molecule has 10 heteroatoms. The summed E-state index contributed by atoms with van der Waals surface area (Å²) in [7, 11) is 1.43. The van der Waals surface area contributed by atoms with E-state index in [0.29, 0.717) is 14.8 Å². The van der Waals surface area contributed by atoms with Crippen LogP contribution in [0.2, 0.25) is 0 Å². The minimum Gasteiger partial charge on any atom is -0.504 e. The van der Waals surface area contributed by atoms with Gasteiger partial charge >= 0.3 is 0 Å². The number of hydrogen-bond acceptors (Lipinski definition) is 7. The van der Waals surface area contributed by atoms with Gasteiger partial charge in [-0.2, -0.15) is 0 Å². The largest absolute Gasteiger partial charge is 0.504 e. The average molecular weight is 556 g/mol. The lowest BCUT2D eigenvalue weighted by atomic mass is 10.2. The molecule has 0 radical (unpaired) electrons. The lowest BCUT2D eigenvalue weighted by molar-refractivity contribution is -0.127. The van der Waals surface area contributed by atoms with Crippen molar-refractivity contribution in [2.24, 2.45) is 0 Å². The number of aromatic hydroxyl groups is 1. The zero-order valence-corrected chi connectivity index (χ0v) is 19.8. The number of halogens is 1. The topological polar surface area (TPSA) is 95.9 Å². The molecule has 0 spiro atoms. The quantitative estimate of drug-likeness (QED) is 0.310. The molecule has 1 fully saturated rings. The van der Waals surface area contributed by atoms with Gasteiger partial charge in [-0.25, -0.2) is 0 Å². The van der Waals surface area contributed by atoms with E-state index in [4.69, 9.17) is 4.74 Å². The number of ether oxygens (including phenoxy) is 1. The number of imide groups is 1. The maximum absolute atomic E-state index is 12.7. The number of methoxy groups -OCH3 is 1. The van der Waals surface area contributed by atoms with Crippen molar-refractivity contribution < 1.29 is 24.2 Å². The third-order valence-corrected chi connectivity index (χ3v) is 6.55. The molecule has 156 valence electrons. The standard InChI is InChI=1S/C20H17IN2O5S2/c1-28-15-7-11(6-14(21)18(15)25)8-16-19(26)23(20(27)30-16)10-17(24)22-12-4-3-5-13(9-12)29-2/h3-9,25H,10H2,1-2H3,(H,22,24)/b16-8+. The molecule has 0 atom stereocenters. The molecule has 1 aliphatic rings. The lowest BCUT2D eigenvalue weighted by Crippen LogP contribution is -2.36. The SMILES string of the molecule is COc1cc(/C=C2/SC(=O)N(CC(=O)Nc3cccc(SC)c3)C2=O)cc(I)c1O. The van der Waals surface area contributed by atoms with Crippen molar-refractivity contribution in [1.82, 2.24) is 4.90 Å². The van der Waals surface area contributed by atoms with E-state index in [9.17, 15) is 19.5 Å². The van der Waals surface area contributed by atoms with Crippen molar-refractivity contribution in [3.05, 3.63) is 50.4 Å². The van der Waals surface area contributed by atoms with E-state index in [1.165, 1.54) is 13.2 Å². The highest BCUT2D eigenvalue weighted by Crippen LogP contribution is 2.36. The summed E-state index contributed by atoms with van der Waals surface area (Å²) in [6.07, 6.45) is 3.47. The number of amides is 3. The Labute approximate surface area is 195 Å². The Morgan fingerprint density at radius 2 is 2.10 bits per heavy atom. The van der Waals surface area contributed by atoms with Crippen LogP contribution in [0.1, 0.15) is 5.56 Å². The van der Waals surface area contributed by atoms with E-state index in [0.717, 1.165) is 21.6 Å². The van der Waals surface area contributed by atoms with Crippen LogP contribution in [0.15, 0.2) is 46.2 Å². The molecule has 30 heavy (non-hydrogen) atoms. The van der Waals surface area contributed by atoms with Crippen LogP contribution in [0.5, 0.6) is 11.5 Å². The van der Waals surface area contributed by atoms with E-state index in [-0.39, 0.29) is 22.9 Å². The number of phenols is 1. The molecular weight excluding hydrogens is 539 g/mol. The van der Waals surface area contributed by atoms with Crippen LogP contribution in [0.25, 0.3) is 6.08 Å². The Kier molecular flexibility index (Phi) is 7.32. The van der Waals surface area contributed by atoms with Gasteiger partial charge in [0.2, 0.25) is 5.91 Å². The lowest BCUT2D eigenvalue weighted by Gasteiger charge is -2.13. The monoisotopic (exact) mass is 556 g/mol. The summed E-state index contributed by atoms with van der Waals surface area (Å²) >= 11 is 4.25. The molecule has 1 aliphatic heterocycles. The number of nitrogens with one attached hydrogen (secondary N) is 1. The molecule has 0 unspecified atom stereocenters. The molecule has 0 aliphatic carbocycles. The van der Waals surface area contributed by atoms with Gasteiger partial charge in [-0.1, -0.05) is 6.07 Å². The fraction of sp³-hybridized carbons (Fsp3) is 0.150. The van der Waals surface area contributed by atoms with Crippen LogP contribution in [0.3, 0.4) is 0 Å². The number of benzene rings is 2. The fourth-order valence-corrected chi connectivity index (χ4v) is 4.59. The minimum absolute atomic E-state index is 0.00516. The molecule has 0 bridgehead atoms. The summed E-state index contributed by atoms with van der Waals surface area (Å²) in [6, 6.07) is 10.5. The van der Waals surface area contributed by atoms with Gasteiger partial charge in [0.1, 0.15) is 6.54 Å².